The van der Waals surface area contributed by atoms with Gasteiger partial charge in [0.2, 0.25) is 0 Å². The van der Waals surface area contributed by atoms with Crippen LogP contribution in [0.4, 0.5) is 22.1 Å². The molecule has 6 rings (SSSR count). The minimum absolute atomic E-state index is 0.200. The Hall–Kier alpha value is -4.03. The Bertz CT molecular complexity index is 1540. The zero-order valence-corrected chi connectivity index (χ0v) is 24.8. The van der Waals surface area contributed by atoms with Crippen LogP contribution in [0.3, 0.4) is 0 Å². The van der Waals surface area contributed by atoms with Gasteiger partial charge in [-0.1, -0.05) is 38.1 Å². The van der Waals surface area contributed by atoms with E-state index in [1.54, 1.807) is 6.07 Å². The number of rotatable bonds is 5. The third kappa shape index (κ3) is 5.82. The van der Waals surface area contributed by atoms with Gasteiger partial charge < -0.3 is 20.5 Å². The van der Waals surface area contributed by atoms with Gasteiger partial charge in [0, 0.05) is 55.0 Å². The van der Waals surface area contributed by atoms with Crippen LogP contribution in [0, 0.1) is 0 Å². The molecule has 1 aromatic carbocycles. The summed E-state index contributed by atoms with van der Waals surface area (Å²) in [4.78, 5) is 26.5. The number of carbonyl (C=O) groups is 1. The van der Waals surface area contributed by atoms with Crippen molar-refractivity contribution in [2.24, 2.45) is 0 Å². The predicted molar refractivity (Wildman–Crippen MR) is 163 cm³/mol. The maximum absolute atomic E-state index is 12.6. The summed E-state index contributed by atoms with van der Waals surface area (Å²) in [5, 5.41) is 15.3. The molecule has 3 aromatic heterocycles. The molecule has 1 aliphatic heterocycles. The fraction of sp³-hybridized carbons (Fsp3) is 0.500. The van der Waals surface area contributed by atoms with Gasteiger partial charge >= 0.3 is 6.03 Å². The van der Waals surface area contributed by atoms with E-state index in [4.69, 9.17) is 15.4 Å². The molecule has 4 N–H and O–H groups in total. The number of hydrogen-bond acceptors (Lipinski definition) is 9. The van der Waals surface area contributed by atoms with Crippen LogP contribution in [0.25, 0.3) is 22.3 Å². The van der Waals surface area contributed by atoms with E-state index in [-0.39, 0.29) is 11.5 Å². The Morgan fingerprint density at radius 1 is 0.976 bits per heavy atom. The summed E-state index contributed by atoms with van der Waals surface area (Å²) >= 11 is 0. The van der Waals surface area contributed by atoms with Crippen molar-refractivity contribution >= 4 is 34.4 Å². The smallest absolute Gasteiger partial charge is 0.324 e. The van der Waals surface area contributed by atoms with Gasteiger partial charge in [-0.15, -0.1) is 0 Å². The van der Waals surface area contributed by atoms with Crippen molar-refractivity contribution in [1.82, 2.24) is 34.7 Å². The molecule has 1 saturated carbocycles. The Kier molecular flexibility index (Phi) is 7.58. The van der Waals surface area contributed by atoms with E-state index in [0.717, 1.165) is 74.2 Å². The van der Waals surface area contributed by atoms with Crippen LogP contribution in [-0.2, 0) is 5.41 Å². The van der Waals surface area contributed by atoms with Crippen LogP contribution >= 0.6 is 0 Å². The molecule has 0 bridgehead atoms. The number of nitrogens with zero attached hydrogens (tertiary/aromatic N) is 7. The molecule has 2 amide bonds. The molecule has 42 heavy (non-hydrogen) atoms. The van der Waals surface area contributed by atoms with E-state index >= 15 is 0 Å². The van der Waals surface area contributed by atoms with Crippen LogP contribution in [0.2, 0.25) is 0 Å². The highest BCUT2D eigenvalue weighted by molar-refractivity contribution is 6.00. The summed E-state index contributed by atoms with van der Waals surface area (Å²) in [7, 11) is 2.20. The minimum Gasteiger partial charge on any atom is -0.383 e. The molecule has 0 atom stereocenters. The topological polar surface area (TPSA) is 143 Å². The van der Waals surface area contributed by atoms with Gasteiger partial charge in [0.05, 0.1) is 11.4 Å². The first-order valence-corrected chi connectivity index (χ1v) is 14.7. The average Bonchev–Trinajstić information content (AvgIpc) is 3.60. The highest BCUT2D eigenvalue weighted by Crippen LogP contribution is 2.37. The fourth-order valence-electron chi connectivity index (χ4n) is 5.98. The second-order valence-electron chi connectivity index (χ2n) is 12.5. The molecule has 4 aromatic rings. The van der Waals surface area contributed by atoms with Gasteiger partial charge in [-0.25, -0.2) is 19.4 Å². The van der Waals surface area contributed by atoms with Crippen LogP contribution in [0.15, 0.2) is 41.2 Å². The molecule has 1 saturated heterocycles. The van der Waals surface area contributed by atoms with Gasteiger partial charge in [-0.05, 0) is 44.9 Å². The third-order valence-corrected chi connectivity index (χ3v) is 8.49. The predicted octanol–water partition coefficient (Wildman–Crippen LogP) is 4.74. The van der Waals surface area contributed by atoms with Crippen molar-refractivity contribution in [2.45, 2.75) is 64.0 Å². The SMILES string of the molecule is CN1CCN([C@H]2CC[C@@H](n3nc(-c4ccc(NC(=O)Nc5cc(C(C)(C)C)on5)cc4)c4c(N)ncnc43)CC2)CC1. The molecular formula is C30H40N10O2. The maximum Gasteiger partial charge on any atom is 0.324 e. The zero-order valence-electron chi connectivity index (χ0n) is 24.8. The molecular weight excluding hydrogens is 532 g/mol. The molecule has 0 radical (unpaired) electrons. The minimum atomic E-state index is -0.406. The number of nitrogens with two attached hydrogens (primary N) is 1. The second kappa shape index (κ2) is 11.3. The highest BCUT2D eigenvalue weighted by Gasteiger charge is 2.30. The van der Waals surface area contributed by atoms with Gasteiger partial charge in [0.15, 0.2) is 11.5 Å². The summed E-state index contributed by atoms with van der Waals surface area (Å²) in [6.45, 7) is 10.6. The molecule has 222 valence electrons. The number of fused-ring (bicyclic) bond motifs is 1. The number of nitrogen functional groups attached to an aromatic ring is 1. The van der Waals surface area contributed by atoms with E-state index in [1.165, 1.54) is 6.33 Å². The van der Waals surface area contributed by atoms with Crippen molar-refractivity contribution < 1.29 is 9.32 Å². The average molecular weight is 573 g/mol. The van der Waals surface area contributed by atoms with E-state index in [2.05, 4.69) is 47.3 Å². The molecule has 12 nitrogen and oxygen atoms in total. The molecule has 2 aliphatic rings. The third-order valence-electron chi connectivity index (χ3n) is 8.49. The molecule has 1 aliphatic carbocycles. The van der Waals surface area contributed by atoms with Crippen LogP contribution < -0.4 is 16.4 Å². The summed E-state index contributed by atoms with van der Waals surface area (Å²) in [5.74, 6) is 1.47. The number of nitrogens with one attached hydrogen (secondary N) is 2. The first-order valence-electron chi connectivity index (χ1n) is 14.7. The molecule has 2 fully saturated rings. The summed E-state index contributed by atoms with van der Waals surface area (Å²) in [6.07, 6.45) is 5.93. The lowest BCUT2D eigenvalue weighted by atomic mass is 9.90. The lowest BCUT2D eigenvalue weighted by Gasteiger charge is -2.41. The van der Waals surface area contributed by atoms with E-state index < -0.39 is 6.03 Å². The standard InChI is InChI=1S/C30H40N10O2/c1-30(2,3)23-17-24(37-42-23)35-29(41)34-20-7-5-19(6-8-20)26-25-27(31)32-18-33-28(25)40(36-26)22-11-9-21(10-12-22)39-15-13-38(4)14-16-39/h5-8,17-18,21-22H,9-16H2,1-4H3,(H2,31,32,33)(H2,34,35,37,41)/t21-,22+. The number of aromatic nitrogens is 5. The summed E-state index contributed by atoms with van der Waals surface area (Å²) in [6, 6.07) is 9.75. The summed E-state index contributed by atoms with van der Waals surface area (Å²) in [5.41, 5.74) is 9.20. The van der Waals surface area contributed by atoms with Gasteiger partial charge in [0.25, 0.3) is 0 Å². The Morgan fingerprint density at radius 3 is 2.33 bits per heavy atom. The number of amides is 2. The Morgan fingerprint density at radius 2 is 1.67 bits per heavy atom. The molecule has 0 spiro atoms. The molecule has 0 unspecified atom stereocenters. The monoisotopic (exact) mass is 572 g/mol. The normalized spacial score (nSPS) is 20.6. The quantitative estimate of drug-likeness (QED) is 0.309. The van der Waals surface area contributed by atoms with Crippen molar-refractivity contribution in [3.05, 3.63) is 42.4 Å². The first kappa shape index (κ1) is 28.1. The zero-order chi connectivity index (χ0) is 29.4. The largest absolute Gasteiger partial charge is 0.383 e. The first-order chi connectivity index (χ1) is 20.2. The van der Waals surface area contributed by atoms with E-state index in [0.29, 0.717) is 29.1 Å². The van der Waals surface area contributed by atoms with Crippen molar-refractivity contribution in [3.8, 4) is 11.3 Å². The number of anilines is 3. The molecule has 12 heteroatoms. The number of urea groups is 1. The lowest BCUT2D eigenvalue weighted by Crippen LogP contribution is -2.49. The van der Waals surface area contributed by atoms with E-state index in [9.17, 15) is 4.79 Å². The second-order valence-corrected chi connectivity index (χ2v) is 12.5. The highest BCUT2D eigenvalue weighted by atomic mass is 16.5. The summed E-state index contributed by atoms with van der Waals surface area (Å²) < 4.78 is 7.41. The fourth-order valence-corrected chi connectivity index (χ4v) is 5.98. The number of carbonyl (C=O) groups excluding carboxylic acids is 1. The van der Waals surface area contributed by atoms with Crippen LogP contribution in [0.5, 0.6) is 0 Å². The van der Waals surface area contributed by atoms with Crippen LogP contribution in [0.1, 0.15) is 58.3 Å². The maximum atomic E-state index is 12.6. The van der Waals surface area contributed by atoms with Crippen LogP contribution in [-0.4, -0.2) is 80.0 Å². The van der Waals surface area contributed by atoms with Gasteiger partial charge in [-0.3, -0.25) is 10.2 Å². The number of piperazine rings is 1. The van der Waals surface area contributed by atoms with Crippen molar-refractivity contribution in [3.63, 3.8) is 0 Å². The van der Waals surface area contributed by atoms with Crippen molar-refractivity contribution in [2.75, 3.05) is 49.6 Å². The van der Waals surface area contributed by atoms with Gasteiger partial charge in [0.1, 0.15) is 23.6 Å². The Balaban J connectivity index is 1.16. The molecule has 4 heterocycles. The van der Waals surface area contributed by atoms with Gasteiger partial charge in [-0.2, -0.15) is 5.10 Å². The number of likely N-dealkylation sites (N-methyl/N-ethyl adjacent to an activating group) is 1. The Labute approximate surface area is 245 Å². The lowest BCUT2D eigenvalue weighted by molar-refractivity contribution is 0.0815. The van der Waals surface area contributed by atoms with E-state index in [1.807, 2.05) is 45.0 Å². The number of hydrogen-bond donors (Lipinski definition) is 3. The van der Waals surface area contributed by atoms with Crippen molar-refractivity contribution in [1.29, 1.82) is 0 Å². The number of benzene rings is 1.